The van der Waals surface area contributed by atoms with Crippen LogP contribution in [0.3, 0.4) is 0 Å². The lowest BCUT2D eigenvalue weighted by atomic mass is 10.1. The van der Waals surface area contributed by atoms with Gasteiger partial charge in [-0.05, 0) is 31.4 Å². The summed E-state index contributed by atoms with van der Waals surface area (Å²) in [5.41, 5.74) is 1.93. The van der Waals surface area contributed by atoms with Crippen LogP contribution in [0.5, 0.6) is 0 Å². The number of hydrogen-bond acceptors (Lipinski definition) is 4. The third kappa shape index (κ3) is 4.20. The van der Waals surface area contributed by atoms with Crippen LogP contribution in [0.1, 0.15) is 29.9 Å². The highest BCUT2D eigenvalue weighted by atomic mass is 32.1. The zero-order chi connectivity index (χ0) is 17.0. The first-order chi connectivity index (χ1) is 10.9. The van der Waals surface area contributed by atoms with Crippen LogP contribution < -0.4 is 10.2 Å². The number of amides is 1. The predicted octanol–water partition coefficient (Wildman–Crippen LogP) is 4.21. The van der Waals surface area contributed by atoms with Crippen LogP contribution in [-0.2, 0) is 0 Å². The molecule has 4 nitrogen and oxygen atoms in total. The average Bonchev–Trinajstić information content (AvgIpc) is 2.96. The molecule has 0 bridgehead atoms. The number of nitrogens with one attached hydrogen (secondary N) is 1. The van der Waals surface area contributed by atoms with Crippen LogP contribution in [0.15, 0.2) is 42.8 Å². The predicted molar refractivity (Wildman–Crippen MR) is 99.1 cm³/mol. The van der Waals surface area contributed by atoms with Crippen LogP contribution >= 0.6 is 11.3 Å². The van der Waals surface area contributed by atoms with Gasteiger partial charge in [0.15, 0.2) is 0 Å². The number of fused-ring (bicyclic) bond motifs is 1. The number of pyridine rings is 1. The number of hydrogen-bond donors (Lipinski definition) is 1. The van der Waals surface area contributed by atoms with Crippen LogP contribution in [-0.4, -0.2) is 25.0 Å². The molecule has 122 valence electrons. The van der Waals surface area contributed by atoms with Gasteiger partial charge in [-0.25, -0.2) is 4.98 Å². The molecule has 0 aliphatic carbocycles. The van der Waals surface area contributed by atoms with Gasteiger partial charge in [0.25, 0.3) is 5.91 Å². The second-order valence-electron chi connectivity index (χ2n) is 5.84. The van der Waals surface area contributed by atoms with E-state index in [0.717, 1.165) is 28.0 Å². The molecule has 0 saturated carbocycles. The van der Waals surface area contributed by atoms with Crippen molar-refractivity contribution in [2.24, 2.45) is 5.92 Å². The monoisotopic (exact) mass is 329 g/mol. The maximum atomic E-state index is 12.4. The van der Waals surface area contributed by atoms with E-state index in [1.54, 1.807) is 6.20 Å². The van der Waals surface area contributed by atoms with Gasteiger partial charge in [0, 0.05) is 37.1 Å². The molecule has 1 atom stereocenters. The van der Waals surface area contributed by atoms with Crippen LogP contribution in [0.4, 0.5) is 5.69 Å². The van der Waals surface area contributed by atoms with Gasteiger partial charge in [-0.3, -0.25) is 4.79 Å². The minimum atomic E-state index is -0.0855. The van der Waals surface area contributed by atoms with Gasteiger partial charge in [-0.1, -0.05) is 19.1 Å². The fraction of sp³-hybridized carbons (Fsp3) is 0.333. The molecule has 5 heteroatoms. The second kappa shape index (κ2) is 7.42. The van der Waals surface area contributed by atoms with Crippen molar-refractivity contribution in [1.82, 2.24) is 10.3 Å². The van der Waals surface area contributed by atoms with Gasteiger partial charge in [-0.2, -0.15) is 0 Å². The van der Waals surface area contributed by atoms with Crippen molar-refractivity contribution in [3.05, 3.63) is 47.6 Å². The zero-order valence-electron chi connectivity index (χ0n) is 14.1. The molecule has 0 aromatic carbocycles. The first-order valence-corrected chi connectivity index (χ1v) is 8.40. The van der Waals surface area contributed by atoms with Crippen molar-refractivity contribution in [1.29, 1.82) is 0 Å². The highest BCUT2D eigenvalue weighted by molar-refractivity contribution is 7.20. The number of carbonyl (C=O) groups excluding carboxylic acids is 1. The summed E-state index contributed by atoms with van der Waals surface area (Å²) in [4.78, 5) is 20.4. The number of thiophene rings is 1. The molecule has 0 spiro atoms. The summed E-state index contributed by atoms with van der Waals surface area (Å²) in [5.74, 6) is 0.315. The summed E-state index contributed by atoms with van der Waals surface area (Å²) in [7, 11) is 3.97. The van der Waals surface area contributed by atoms with Crippen molar-refractivity contribution in [2.75, 3.05) is 19.0 Å². The third-order valence-electron chi connectivity index (χ3n) is 3.63. The van der Waals surface area contributed by atoms with E-state index in [-0.39, 0.29) is 5.91 Å². The topological polar surface area (TPSA) is 45.2 Å². The third-order valence-corrected chi connectivity index (χ3v) is 4.67. The summed E-state index contributed by atoms with van der Waals surface area (Å²) in [6.45, 7) is 7.77. The minimum Gasteiger partial charge on any atom is -0.377 e. The van der Waals surface area contributed by atoms with E-state index in [1.165, 1.54) is 11.3 Å². The molecule has 2 rings (SSSR count). The fourth-order valence-corrected chi connectivity index (χ4v) is 3.09. The first kappa shape index (κ1) is 17.2. The Bertz CT molecular complexity index is 746. The molecular formula is C18H23N3OS. The zero-order valence-corrected chi connectivity index (χ0v) is 14.9. The van der Waals surface area contributed by atoms with E-state index in [9.17, 15) is 4.79 Å². The van der Waals surface area contributed by atoms with Gasteiger partial charge in [0.1, 0.15) is 4.83 Å². The second-order valence-corrected chi connectivity index (χ2v) is 6.87. The normalized spacial score (nSPS) is 13.0. The number of carbonyl (C=O) groups is 1. The summed E-state index contributed by atoms with van der Waals surface area (Å²) in [5, 5.41) is 3.95. The quantitative estimate of drug-likeness (QED) is 0.808. The summed E-state index contributed by atoms with van der Waals surface area (Å²) in [6.07, 6.45) is 6.58. The molecule has 1 amide bonds. The van der Waals surface area contributed by atoms with E-state index in [4.69, 9.17) is 0 Å². The molecule has 0 radical (unpaired) electrons. The van der Waals surface area contributed by atoms with Crippen molar-refractivity contribution in [3.8, 4) is 0 Å². The Morgan fingerprint density at radius 1 is 1.52 bits per heavy atom. The Balaban J connectivity index is 2.18. The molecule has 23 heavy (non-hydrogen) atoms. The Labute approximate surface area is 141 Å². The van der Waals surface area contributed by atoms with E-state index in [0.29, 0.717) is 10.8 Å². The summed E-state index contributed by atoms with van der Waals surface area (Å²) in [6, 6.07) is 3.87. The maximum Gasteiger partial charge on any atom is 0.265 e. The maximum absolute atomic E-state index is 12.4. The molecule has 0 fully saturated rings. The molecule has 0 saturated heterocycles. The van der Waals surface area contributed by atoms with Crippen molar-refractivity contribution >= 4 is 33.1 Å². The minimum absolute atomic E-state index is 0.0855. The number of nitrogens with zero attached hydrogens (tertiary/aromatic N) is 2. The molecule has 0 aliphatic rings. The molecule has 1 N–H and O–H groups in total. The molecule has 0 aliphatic heterocycles. The lowest BCUT2D eigenvalue weighted by Crippen LogP contribution is -2.20. The van der Waals surface area contributed by atoms with Crippen LogP contribution in [0.25, 0.3) is 10.2 Å². The lowest BCUT2D eigenvalue weighted by Gasteiger charge is -2.12. The number of anilines is 1. The highest BCUT2D eigenvalue weighted by Gasteiger charge is 2.14. The Morgan fingerprint density at radius 2 is 2.26 bits per heavy atom. The lowest BCUT2D eigenvalue weighted by molar-refractivity contribution is 0.0970. The van der Waals surface area contributed by atoms with E-state index >= 15 is 0 Å². The number of aromatic nitrogens is 1. The number of allylic oxidation sites excluding steroid dienone is 3. The summed E-state index contributed by atoms with van der Waals surface area (Å²) >= 11 is 1.41. The Kier molecular flexibility index (Phi) is 5.55. The summed E-state index contributed by atoms with van der Waals surface area (Å²) < 4.78 is 0. The fourth-order valence-electron chi connectivity index (χ4n) is 2.18. The number of rotatable bonds is 6. The Hall–Kier alpha value is -2.14. The highest BCUT2D eigenvalue weighted by Crippen LogP contribution is 2.30. The first-order valence-electron chi connectivity index (χ1n) is 7.59. The largest absolute Gasteiger partial charge is 0.377 e. The van der Waals surface area contributed by atoms with Crippen LogP contribution in [0, 0.1) is 5.92 Å². The van der Waals surface area contributed by atoms with Crippen LogP contribution in [0.2, 0.25) is 0 Å². The van der Waals surface area contributed by atoms with E-state index < -0.39 is 0 Å². The van der Waals surface area contributed by atoms with Gasteiger partial charge in [-0.15, -0.1) is 17.9 Å². The molecule has 1 unspecified atom stereocenters. The van der Waals surface area contributed by atoms with Crippen molar-refractivity contribution in [3.63, 3.8) is 0 Å². The molecule has 2 heterocycles. The van der Waals surface area contributed by atoms with Gasteiger partial charge >= 0.3 is 0 Å². The molecular weight excluding hydrogens is 306 g/mol. The molecule has 2 aromatic rings. The standard InChI is InChI=1S/C18H23N3OS/c1-6-12(2)7-8-13(3)20-17(22)16-11-14-15(21(4)5)9-10-19-18(14)23-16/h6,8-12H,1,7H2,2-5H3,(H,20,22)/b13-8+. The van der Waals surface area contributed by atoms with Gasteiger partial charge < -0.3 is 10.2 Å². The van der Waals surface area contributed by atoms with Crippen molar-refractivity contribution in [2.45, 2.75) is 20.3 Å². The Morgan fingerprint density at radius 3 is 2.91 bits per heavy atom. The van der Waals surface area contributed by atoms with E-state index in [2.05, 4.69) is 23.8 Å². The van der Waals surface area contributed by atoms with Crippen molar-refractivity contribution < 1.29 is 4.79 Å². The molecule has 2 aromatic heterocycles. The SMILES string of the molecule is C=CC(C)C/C=C(\C)NC(=O)c1cc2c(N(C)C)ccnc2s1. The van der Waals surface area contributed by atoms with E-state index in [1.807, 2.05) is 50.2 Å². The smallest absolute Gasteiger partial charge is 0.265 e. The van der Waals surface area contributed by atoms with Gasteiger partial charge in [0.05, 0.1) is 4.88 Å². The van der Waals surface area contributed by atoms with Gasteiger partial charge in [0.2, 0.25) is 0 Å². The average molecular weight is 329 g/mol.